The van der Waals surface area contributed by atoms with E-state index in [1.165, 1.54) is 12.8 Å². The van der Waals surface area contributed by atoms with E-state index in [-0.39, 0.29) is 23.9 Å². The molecule has 0 aromatic heterocycles. The Bertz CT molecular complexity index is 340. The molecule has 5 heteroatoms. The van der Waals surface area contributed by atoms with E-state index in [1.54, 1.807) is 4.90 Å². The summed E-state index contributed by atoms with van der Waals surface area (Å²) in [5.41, 5.74) is 0. The Kier molecular flexibility index (Phi) is 4.80. The first kappa shape index (κ1) is 14.3. The highest BCUT2D eigenvalue weighted by Crippen LogP contribution is 2.17. The highest BCUT2D eigenvalue weighted by atomic mass is 16.2. The van der Waals surface area contributed by atoms with Crippen molar-refractivity contribution in [1.29, 1.82) is 0 Å². The van der Waals surface area contributed by atoms with Gasteiger partial charge in [0, 0.05) is 32.1 Å². The van der Waals surface area contributed by atoms with E-state index < -0.39 is 0 Å². The molecule has 0 aromatic carbocycles. The van der Waals surface area contributed by atoms with Crippen molar-refractivity contribution in [2.24, 2.45) is 0 Å². The van der Waals surface area contributed by atoms with Crippen molar-refractivity contribution in [2.75, 3.05) is 13.6 Å². The molecule has 2 atom stereocenters. The summed E-state index contributed by atoms with van der Waals surface area (Å²) in [5.74, 6) is 0.285. The highest BCUT2D eigenvalue weighted by Gasteiger charge is 2.26. The van der Waals surface area contributed by atoms with E-state index in [4.69, 9.17) is 0 Å². The van der Waals surface area contributed by atoms with Gasteiger partial charge in [-0.2, -0.15) is 0 Å². The van der Waals surface area contributed by atoms with Crippen molar-refractivity contribution in [2.45, 2.75) is 63.6 Å². The molecule has 19 heavy (non-hydrogen) atoms. The van der Waals surface area contributed by atoms with Crippen LogP contribution >= 0.6 is 0 Å². The predicted molar refractivity (Wildman–Crippen MR) is 73.7 cm³/mol. The van der Waals surface area contributed by atoms with Gasteiger partial charge in [0.1, 0.15) is 0 Å². The lowest BCUT2D eigenvalue weighted by Gasteiger charge is -2.32. The molecular weight excluding hydrogens is 242 g/mol. The van der Waals surface area contributed by atoms with Crippen molar-refractivity contribution in [1.82, 2.24) is 15.5 Å². The zero-order valence-electron chi connectivity index (χ0n) is 11.9. The van der Waals surface area contributed by atoms with Crippen LogP contribution in [0.25, 0.3) is 0 Å². The van der Waals surface area contributed by atoms with Crippen molar-refractivity contribution in [3.8, 4) is 0 Å². The van der Waals surface area contributed by atoms with Gasteiger partial charge in [-0.05, 0) is 26.2 Å². The van der Waals surface area contributed by atoms with Crippen LogP contribution in [0.15, 0.2) is 0 Å². The molecule has 2 aliphatic rings. The van der Waals surface area contributed by atoms with E-state index in [2.05, 4.69) is 10.6 Å². The predicted octanol–water partition coefficient (Wildman–Crippen LogP) is 0.644. The molecule has 0 radical (unpaired) electrons. The number of rotatable bonds is 4. The van der Waals surface area contributed by atoms with Crippen LogP contribution in [0.1, 0.15) is 45.4 Å². The molecule has 108 valence electrons. The Morgan fingerprint density at radius 3 is 2.58 bits per heavy atom. The van der Waals surface area contributed by atoms with Gasteiger partial charge in [0.15, 0.2) is 0 Å². The maximum absolute atomic E-state index is 12.1. The number of hydrogen-bond donors (Lipinski definition) is 2. The smallest absolute Gasteiger partial charge is 0.237 e. The summed E-state index contributed by atoms with van der Waals surface area (Å²) in [7, 11) is 1.82. The molecule has 0 aromatic rings. The van der Waals surface area contributed by atoms with Crippen molar-refractivity contribution in [3.05, 3.63) is 0 Å². The molecule has 1 saturated carbocycles. The summed E-state index contributed by atoms with van der Waals surface area (Å²) in [5, 5.41) is 6.44. The molecule has 1 aliphatic heterocycles. The standard InChI is InChI=1S/C14H25N3O2/c1-10(14(19)16-11-5-3-4-6-11)15-12-7-8-13(18)17(2)9-12/h10-12,15H,3-9H2,1-2H3,(H,16,19). The summed E-state index contributed by atoms with van der Waals surface area (Å²) in [4.78, 5) is 25.2. The first-order chi connectivity index (χ1) is 9.06. The molecule has 0 bridgehead atoms. The minimum atomic E-state index is -0.188. The summed E-state index contributed by atoms with van der Waals surface area (Å²) >= 11 is 0. The first-order valence-corrected chi connectivity index (χ1v) is 7.36. The number of piperidine rings is 1. The van der Waals surface area contributed by atoms with Crippen molar-refractivity contribution < 1.29 is 9.59 Å². The van der Waals surface area contributed by atoms with Gasteiger partial charge < -0.3 is 15.5 Å². The minimum absolute atomic E-state index is 0.0893. The molecule has 0 spiro atoms. The number of nitrogens with one attached hydrogen (secondary N) is 2. The SMILES string of the molecule is CC(NC1CCC(=O)N(C)C1)C(=O)NC1CCCC1. The van der Waals surface area contributed by atoms with Crippen LogP contribution in [-0.4, -0.2) is 48.4 Å². The second kappa shape index (κ2) is 6.37. The fraction of sp³-hybridized carbons (Fsp3) is 0.857. The fourth-order valence-electron chi connectivity index (χ4n) is 2.97. The second-order valence-corrected chi connectivity index (χ2v) is 5.89. The van der Waals surface area contributed by atoms with E-state index in [1.807, 2.05) is 14.0 Å². The average Bonchev–Trinajstić information content (AvgIpc) is 2.86. The molecular formula is C14H25N3O2. The Balaban J connectivity index is 1.75. The van der Waals surface area contributed by atoms with E-state index in [0.29, 0.717) is 19.0 Å². The molecule has 2 rings (SSSR count). The van der Waals surface area contributed by atoms with Gasteiger partial charge in [0.2, 0.25) is 11.8 Å². The number of likely N-dealkylation sites (N-methyl/N-ethyl adjacent to an activating group) is 1. The number of carbonyl (C=O) groups is 2. The van der Waals surface area contributed by atoms with Crippen LogP contribution in [0.3, 0.4) is 0 Å². The van der Waals surface area contributed by atoms with Crippen LogP contribution in [0.2, 0.25) is 0 Å². The van der Waals surface area contributed by atoms with E-state index >= 15 is 0 Å². The Morgan fingerprint density at radius 1 is 1.26 bits per heavy atom. The average molecular weight is 267 g/mol. The van der Waals surface area contributed by atoms with Gasteiger partial charge in [0.05, 0.1) is 6.04 Å². The molecule has 2 amide bonds. The lowest BCUT2D eigenvalue weighted by atomic mass is 10.0. The normalized spacial score (nSPS) is 26.5. The third kappa shape index (κ3) is 3.93. The summed E-state index contributed by atoms with van der Waals surface area (Å²) < 4.78 is 0. The largest absolute Gasteiger partial charge is 0.352 e. The topological polar surface area (TPSA) is 61.4 Å². The number of hydrogen-bond acceptors (Lipinski definition) is 3. The highest BCUT2D eigenvalue weighted by molar-refractivity contribution is 5.81. The molecule has 1 aliphatic carbocycles. The quantitative estimate of drug-likeness (QED) is 0.786. The molecule has 2 N–H and O–H groups in total. The lowest BCUT2D eigenvalue weighted by molar-refractivity contribution is -0.132. The first-order valence-electron chi connectivity index (χ1n) is 7.36. The maximum Gasteiger partial charge on any atom is 0.237 e. The lowest BCUT2D eigenvalue weighted by Crippen LogP contribution is -2.53. The van der Waals surface area contributed by atoms with Crippen LogP contribution in [0.5, 0.6) is 0 Å². The van der Waals surface area contributed by atoms with Gasteiger partial charge in [0.25, 0.3) is 0 Å². The van der Waals surface area contributed by atoms with Crippen LogP contribution in [-0.2, 0) is 9.59 Å². The van der Waals surface area contributed by atoms with Crippen molar-refractivity contribution >= 4 is 11.8 Å². The molecule has 2 unspecified atom stereocenters. The zero-order chi connectivity index (χ0) is 13.8. The van der Waals surface area contributed by atoms with E-state index in [9.17, 15) is 9.59 Å². The summed E-state index contributed by atoms with van der Waals surface area (Å²) in [6, 6.07) is 0.409. The Morgan fingerprint density at radius 2 is 1.95 bits per heavy atom. The number of carbonyl (C=O) groups excluding carboxylic acids is 2. The molecule has 1 heterocycles. The third-order valence-electron chi connectivity index (χ3n) is 4.21. The third-order valence-corrected chi connectivity index (χ3v) is 4.21. The minimum Gasteiger partial charge on any atom is -0.352 e. The second-order valence-electron chi connectivity index (χ2n) is 5.89. The van der Waals surface area contributed by atoms with Crippen LogP contribution < -0.4 is 10.6 Å². The van der Waals surface area contributed by atoms with Crippen LogP contribution in [0.4, 0.5) is 0 Å². The summed E-state index contributed by atoms with van der Waals surface area (Å²) in [6.45, 7) is 2.60. The number of amides is 2. The molecule has 5 nitrogen and oxygen atoms in total. The number of nitrogens with zero attached hydrogens (tertiary/aromatic N) is 1. The fourth-order valence-corrected chi connectivity index (χ4v) is 2.97. The van der Waals surface area contributed by atoms with Gasteiger partial charge >= 0.3 is 0 Å². The molecule has 1 saturated heterocycles. The van der Waals surface area contributed by atoms with Gasteiger partial charge in [-0.15, -0.1) is 0 Å². The monoisotopic (exact) mass is 267 g/mol. The van der Waals surface area contributed by atoms with Gasteiger partial charge in [-0.1, -0.05) is 12.8 Å². The van der Waals surface area contributed by atoms with E-state index in [0.717, 1.165) is 19.3 Å². The Hall–Kier alpha value is -1.10. The van der Waals surface area contributed by atoms with Crippen molar-refractivity contribution in [3.63, 3.8) is 0 Å². The maximum atomic E-state index is 12.1. The van der Waals surface area contributed by atoms with Gasteiger partial charge in [-0.3, -0.25) is 9.59 Å². The zero-order valence-corrected chi connectivity index (χ0v) is 11.9. The number of likely N-dealkylation sites (tertiary alicyclic amines) is 1. The van der Waals surface area contributed by atoms with Gasteiger partial charge in [-0.25, -0.2) is 0 Å². The summed E-state index contributed by atoms with van der Waals surface area (Å²) in [6.07, 6.45) is 6.07. The molecule has 2 fully saturated rings. The van der Waals surface area contributed by atoms with Crippen LogP contribution in [0, 0.1) is 0 Å². The Labute approximate surface area is 115 Å².